The highest BCUT2D eigenvalue weighted by Gasteiger charge is 2.07. The van der Waals surface area contributed by atoms with Crippen LogP contribution in [0.4, 0.5) is 5.69 Å². The highest BCUT2D eigenvalue weighted by Crippen LogP contribution is 2.30. The van der Waals surface area contributed by atoms with Crippen molar-refractivity contribution in [1.29, 1.82) is 0 Å². The summed E-state index contributed by atoms with van der Waals surface area (Å²) >= 11 is 6.07. The number of hydrogen-bond acceptors (Lipinski definition) is 4. The van der Waals surface area contributed by atoms with E-state index in [9.17, 15) is 4.79 Å². The largest absolute Gasteiger partial charge is 0.495 e. The minimum atomic E-state index is -0.0222. The summed E-state index contributed by atoms with van der Waals surface area (Å²) in [6, 6.07) is 7.45. The number of carbonyl (C=O) groups excluding carboxylic acids is 1. The van der Waals surface area contributed by atoms with Crippen molar-refractivity contribution < 1.29 is 9.53 Å². The molecule has 0 radical (unpaired) electrons. The fourth-order valence-corrected chi connectivity index (χ4v) is 2.23. The number of nitrogens with one attached hydrogen (secondary N) is 2. The van der Waals surface area contributed by atoms with Crippen molar-refractivity contribution in [2.75, 3.05) is 19.0 Å². The van der Waals surface area contributed by atoms with E-state index in [1.165, 1.54) is 0 Å². The Labute approximate surface area is 141 Å². The van der Waals surface area contributed by atoms with Gasteiger partial charge >= 0.3 is 0 Å². The highest BCUT2D eigenvalue weighted by molar-refractivity contribution is 6.31. The van der Waals surface area contributed by atoms with E-state index in [0.717, 1.165) is 16.8 Å². The maximum atomic E-state index is 11.9. The molecule has 1 aromatic carbocycles. The average Bonchev–Trinajstić information content (AvgIpc) is 2.57. The SMILES string of the molecule is COc1cc(Cl)c(C)cc1NCCC(=O)NCc1cccnc1. The molecule has 0 aliphatic heterocycles. The molecule has 1 aromatic heterocycles. The van der Waals surface area contributed by atoms with Gasteiger partial charge in [-0.2, -0.15) is 0 Å². The van der Waals surface area contributed by atoms with Gasteiger partial charge in [-0.25, -0.2) is 0 Å². The Bertz CT molecular complexity index is 662. The summed E-state index contributed by atoms with van der Waals surface area (Å²) in [5, 5.41) is 6.72. The zero-order valence-corrected chi connectivity index (χ0v) is 14.0. The number of aromatic nitrogens is 1. The number of ether oxygens (including phenoxy) is 1. The summed E-state index contributed by atoms with van der Waals surface area (Å²) < 4.78 is 5.29. The van der Waals surface area contributed by atoms with Crippen LogP contribution >= 0.6 is 11.6 Å². The molecule has 1 amide bonds. The third-order valence-electron chi connectivity index (χ3n) is 3.36. The van der Waals surface area contributed by atoms with Gasteiger partial charge in [-0.1, -0.05) is 17.7 Å². The molecule has 5 nitrogen and oxygen atoms in total. The van der Waals surface area contributed by atoms with Crippen LogP contribution in [0.15, 0.2) is 36.7 Å². The molecule has 23 heavy (non-hydrogen) atoms. The third-order valence-corrected chi connectivity index (χ3v) is 3.77. The van der Waals surface area contributed by atoms with E-state index in [2.05, 4.69) is 15.6 Å². The molecule has 0 saturated heterocycles. The minimum Gasteiger partial charge on any atom is -0.495 e. The van der Waals surface area contributed by atoms with Gasteiger partial charge in [-0.15, -0.1) is 0 Å². The number of aryl methyl sites for hydroxylation is 1. The van der Waals surface area contributed by atoms with Gasteiger partial charge in [0.1, 0.15) is 5.75 Å². The number of carbonyl (C=O) groups is 1. The Hall–Kier alpha value is -2.27. The molecule has 0 fully saturated rings. The number of anilines is 1. The molecule has 1 heterocycles. The van der Waals surface area contributed by atoms with E-state index < -0.39 is 0 Å². The van der Waals surface area contributed by atoms with Gasteiger partial charge in [-0.3, -0.25) is 9.78 Å². The molecule has 0 atom stereocenters. The van der Waals surface area contributed by atoms with Crippen LogP contribution in [-0.2, 0) is 11.3 Å². The number of nitrogens with zero attached hydrogens (tertiary/aromatic N) is 1. The second-order valence-corrected chi connectivity index (χ2v) is 5.52. The normalized spacial score (nSPS) is 10.2. The van der Waals surface area contributed by atoms with Gasteiger partial charge in [-0.05, 0) is 30.2 Å². The molecule has 0 unspecified atom stereocenters. The molecule has 0 saturated carbocycles. The fraction of sp³-hybridized carbons (Fsp3) is 0.294. The van der Waals surface area contributed by atoms with E-state index in [-0.39, 0.29) is 5.91 Å². The Morgan fingerprint density at radius 3 is 2.91 bits per heavy atom. The van der Waals surface area contributed by atoms with E-state index in [1.807, 2.05) is 25.1 Å². The second kappa shape index (κ2) is 8.39. The molecular weight excluding hydrogens is 314 g/mol. The van der Waals surface area contributed by atoms with E-state index in [1.54, 1.807) is 25.6 Å². The van der Waals surface area contributed by atoms with Crippen LogP contribution in [0.3, 0.4) is 0 Å². The summed E-state index contributed by atoms with van der Waals surface area (Å²) in [5.41, 5.74) is 2.76. The predicted molar refractivity (Wildman–Crippen MR) is 91.9 cm³/mol. The van der Waals surface area contributed by atoms with Crippen LogP contribution in [0.5, 0.6) is 5.75 Å². The lowest BCUT2D eigenvalue weighted by molar-refractivity contribution is -0.121. The summed E-state index contributed by atoms with van der Waals surface area (Å²) in [6.45, 7) is 2.92. The van der Waals surface area contributed by atoms with Crippen molar-refractivity contribution in [3.8, 4) is 5.75 Å². The molecule has 122 valence electrons. The van der Waals surface area contributed by atoms with Gasteiger partial charge in [0.25, 0.3) is 0 Å². The van der Waals surface area contributed by atoms with E-state index in [0.29, 0.717) is 30.3 Å². The number of methoxy groups -OCH3 is 1. The predicted octanol–water partition coefficient (Wildman–Crippen LogP) is 3.17. The van der Waals surface area contributed by atoms with Crippen molar-refractivity contribution in [2.24, 2.45) is 0 Å². The van der Waals surface area contributed by atoms with Crippen LogP contribution in [0.2, 0.25) is 5.02 Å². The smallest absolute Gasteiger partial charge is 0.222 e. The minimum absolute atomic E-state index is 0.0222. The van der Waals surface area contributed by atoms with Crippen LogP contribution < -0.4 is 15.4 Å². The van der Waals surface area contributed by atoms with Crippen LogP contribution in [0.1, 0.15) is 17.5 Å². The Morgan fingerprint density at radius 1 is 1.39 bits per heavy atom. The number of hydrogen-bond donors (Lipinski definition) is 2. The molecule has 6 heteroatoms. The molecular formula is C17H20ClN3O2. The third kappa shape index (κ3) is 5.14. The monoisotopic (exact) mass is 333 g/mol. The Morgan fingerprint density at radius 2 is 2.22 bits per heavy atom. The van der Waals surface area contributed by atoms with Crippen molar-refractivity contribution in [1.82, 2.24) is 10.3 Å². The average molecular weight is 334 g/mol. The van der Waals surface area contributed by atoms with Crippen molar-refractivity contribution >= 4 is 23.2 Å². The van der Waals surface area contributed by atoms with Crippen LogP contribution in [-0.4, -0.2) is 24.5 Å². The molecule has 2 N–H and O–H groups in total. The number of rotatable bonds is 7. The standard InChI is InChI=1S/C17H20ClN3O2/c1-12-8-15(16(23-2)9-14(12)18)20-7-5-17(22)21-11-13-4-3-6-19-10-13/h3-4,6,8-10,20H,5,7,11H2,1-2H3,(H,21,22). The number of pyridine rings is 1. The molecule has 0 aliphatic rings. The van der Waals surface area contributed by atoms with Gasteiger partial charge in [0.2, 0.25) is 5.91 Å². The zero-order valence-electron chi connectivity index (χ0n) is 13.2. The maximum Gasteiger partial charge on any atom is 0.222 e. The first kappa shape index (κ1) is 17.1. The van der Waals surface area contributed by atoms with Crippen LogP contribution in [0.25, 0.3) is 0 Å². The first-order valence-electron chi connectivity index (χ1n) is 7.33. The molecule has 0 aliphatic carbocycles. The summed E-state index contributed by atoms with van der Waals surface area (Å²) in [4.78, 5) is 15.9. The summed E-state index contributed by atoms with van der Waals surface area (Å²) in [6.07, 6.45) is 3.81. The van der Waals surface area contributed by atoms with Crippen molar-refractivity contribution in [3.63, 3.8) is 0 Å². The number of amides is 1. The Kier molecular flexibility index (Phi) is 6.23. The maximum absolute atomic E-state index is 11.9. The van der Waals surface area contributed by atoms with Crippen molar-refractivity contribution in [2.45, 2.75) is 19.9 Å². The Balaban J connectivity index is 1.80. The summed E-state index contributed by atoms with van der Waals surface area (Å²) in [7, 11) is 1.59. The van der Waals surface area contributed by atoms with Crippen molar-refractivity contribution in [3.05, 3.63) is 52.8 Å². The number of benzene rings is 1. The lowest BCUT2D eigenvalue weighted by atomic mass is 10.2. The lowest BCUT2D eigenvalue weighted by Gasteiger charge is -2.13. The molecule has 0 bridgehead atoms. The molecule has 2 rings (SSSR count). The van der Waals surface area contributed by atoms with E-state index in [4.69, 9.17) is 16.3 Å². The topological polar surface area (TPSA) is 63.2 Å². The second-order valence-electron chi connectivity index (χ2n) is 5.12. The van der Waals surface area contributed by atoms with E-state index >= 15 is 0 Å². The number of halogens is 1. The zero-order chi connectivity index (χ0) is 16.7. The van der Waals surface area contributed by atoms with Gasteiger partial charge in [0.15, 0.2) is 0 Å². The van der Waals surface area contributed by atoms with Gasteiger partial charge < -0.3 is 15.4 Å². The van der Waals surface area contributed by atoms with Gasteiger partial charge in [0, 0.05) is 43.0 Å². The molecule has 2 aromatic rings. The molecule has 0 spiro atoms. The fourth-order valence-electron chi connectivity index (χ4n) is 2.07. The van der Waals surface area contributed by atoms with Gasteiger partial charge in [0.05, 0.1) is 12.8 Å². The first-order valence-corrected chi connectivity index (χ1v) is 7.71. The first-order chi connectivity index (χ1) is 11.1. The lowest BCUT2D eigenvalue weighted by Crippen LogP contribution is -2.25. The summed E-state index contributed by atoms with van der Waals surface area (Å²) in [5.74, 6) is 0.641. The van der Waals surface area contributed by atoms with Crippen LogP contribution in [0, 0.1) is 6.92 Å². The quantitative estimate of drug-likeness (QED) is 0.817. The highest BCUT2D eigenvalue weighted by atomic mass is 35.5.